The van der Waals surface area contributed by atoms with E-state index in [0.29, 0.717) is 5.11 Å². The Morgan fingerprint density at radius 3 is 2.71 bits per heavy atom. The van der Waals surface area contributed by atoms with Crippen molar-refractivity contribution in [1.29, 1.82) is 0 Å². The summed E-state index contributed by atoms with van der Waals surface area (Å²) >= 11 is 5.26. The third-order valence-corrected chi connectivity index (χ3v) is 3.41. The maximum atomic E-state index is 5.26. The van der Waals surface area contributed by atoms with Crippen LogP contribution in [0.3, 0.4) is 0 Å². The number of benzene rings is 1. The van der Waals surface area contributed by atoms with Gasteiger partial charge < -0.3 is 10.6 Å². The van der Waals surface area contributed by atoms with Gasteiger partial charge in [-0.05, 0) is 56.1 Å². The number of aryl methyl sites for hydroxylation is 3. The summed E-state index contributed by atoms with van der Waals surface area (Å²) in [5.74, 6) is 0.775. The molecule has 0 saturated heterocycles. The van der Waals surface area contributed by atoms with Crippen LogP contribution in [0.25, 0.3) is 0 Å². The summed E-state index contributed by atoms with van der Waals surface area (Å²) in [6.45, 7) is 4.99. The summed E-state index contributed by atoms with van der Waals surface area (Å²) in [6, 6.07) is 12.6. The van der Waals surface area contributed by atoms with Crippen molar-refractivity contribution in [3.8, 4) is 0 Å². The maximum absolute atomic E-state index is 5.26. The SMILES string of the molecule is Cc1ccc(NC(=S)NCCCc2cccc(C)c2)nc1. The molecule has 2 aromatic rings. The van der Waals surface area contributed by atoms with Gasteiger partial charge in [0.25, 0.3) is 0 Å². The van der Waals surface area contributed by atoms with Crippen LogP contribution >= 0.6 is 12.2 Å². The Bertz CT molecular complexity index is 593. The number of pyridine rings is 1. The molecule has 0 amide bonds. The lowest BCUT2D eigenvalue weighted by atomic mass is 10.1. The molecule has 2 N–H and O–H groups in total. The minimum Gasteiger partial charge on any atom is -0.362 e. The Labute approximate surface area is 131 Å². The molecule has 4 heteroatoms. The fourth-order valence-electron chi connectivity index (χ4n) is 2.06. The second-order valence-electron chi connectivity index (χ2n) is 5.19. The normalized spacial score (nSPS) is 10.2. The van der Waals surface area contributed by atoms with Gasteiger partial charge >= 0.3 is 0 Å². The molecule has 1 aromatic carbocycles. The molecular weight excluding hydrogens is 278 g/mol. The molecule has 3 nitrogen and oxygen atoms in total. The van der Waals surface area contributed by atoms with Gasteiger partial charge in [-0.3, -0.25) is 0 Å². The van der Waals surface area contributed by atoms with Crippen LogP contribution in [-0.2, 0) is 6.42 Å². The molecule has 0 aliphatic rings. The van der Waals surface area contributed by atoms with Crippen molar-refractivity contribution in [3.05, 3.63) is 59.3 Å². The van der Waals surface area contributed by atoms with E-state index in [9.17, 15) is 0 Å². The Kier molecular flexibility index (Phi) is 5.69. The Morgan fingerprint density at radius 1 is 1.14 bits per heavy atom. The molecule has 1 aromatic heterocycles. The average molecular weight is 299 g/mol. The van der Waals surface area contributed by atoms with Crippen molar-refractivity contribution in [1.82, 2.24) is 10.3 Å². The Morgan fingerprint density at radius 2 is 2.00 bits per heavy atom. The monoisotopic (exact) mass is 299 g/mol. The molecule has 0 spiro atoms. The Balaban J connectivity index is 1.68. The fraction of sp³-hybridized carbons (Fsp3) is 0.294. The van der Waals surface area contributed by atoms with E-state index >= 15 is 0 Å². The minimum atomic E-state index is 0.621. The Hall–Kier alpha value is -1.94. The highest BCUT2D eigenvalue weighted by molar-refractivity contribution is 7.80. The van der Waals surface area contributed by atoms with Gasteiger partial charge in [0.2, 0.25) is 0 Å². The van der Waals surface area contributed by atoms with Crippen molar-refractivity contribution in [2.75, 3.05) is 11.9 Å². The van der Waals surface area contributed by atoms with Crippen LogP contribution in [0.15, 0.2) is 42.6 Å². The number of nitrogens with zero attached hydrogens (tertiary/aromatic N) is 1. The molecule has 0 radical (unpaired) electrons. The van der Waals surface area contributed by atoms with Gasteiger partial charge in [-0.2, -0.15) is 0 Å². The van der Waals surface area contributed by atoms with Crippen molar-refractivity contribution in [3.63, 3.8) is 0 Å². The zero-order chi connectivity index (χ0) is 15.1. The van der Waals surface area contributed by atoms with Gasteiger partial charge in [-0.1, -0.05) is 35.9 Å². The van der Waals surface area contributed by atoms with E-state index in [1.54, 1.807) is 0 Å². The number of hydrogen-bond donors (Lipinski definition) is 2. The van der Waals surface area contributed by atoms with E-state index in [2.05, 4.69) is 46.8 Å². The molecule has 0 atom stereocenters. The number of thiocarbonyl (C=S) groups is 1. The van der Waals surface area contributed by atoms with Gasteiger partial charge in [-0.25, -0.2) is 4.98 Å². The second-order valence-corrected chi connectivity index (χ2v) is 5.60. The molecule has 21 heavy (non-hydrogen) atoms. The van der Waals surface area contributed by atoms with Crippen molar-refractivity contribution in [2.45, 2.75) is 26.7 Å². The van der Waals surface area contributed by atoms with Crippen LogP contribution in [0.2, 0.25) is 0 Å². The first-order chi connectivity index (χ1) is 10.1. The standard InChI is InChI=1S/C17H21N3S/c1-13-5-3-6-15(11-13)7-4-10-18-17(21)20-16-9-8-14(2)12-19-16/h3,5-6,8-9,11-12H,4,7,10H2,1-2H3,(H2,18,19,20,21). The summed E-state index contributed by atoms with van der Waals surface area (Å²) in [6.07, 6.45) is 3.93. The van der Waals surface area contributed by atoms with Gasteiger partial charge in [0.1, 0.15) is 5.82 Å². The van der Waals surface area contributed by atoms with E-state index in [0.717, 1.165) is 30.8 Å². The van der Waals surface area contributed by atoms with Crippen molar-refractivity contribution < 1.29 is 0 Å². The third kappa shape index (κ3) is 5.52. The minimum absolute atomic E-state index is 0.621. The smallest absolute Gasteiger partial charge is 0.171 e. The molecule has 0 saturated carbocycles. The topological polar surface area (TPSA) is 37.0 Å². The maximum Gasteiger partial charge on any atom is 0.171 e. The first kappa shape index (κ1) is 15.4. The third-order valence-electron chi connectivity index (χ3n) is 3.16. The van der Waals surface area contributed by atoms with Crippen LogP contribution in [0.1, 0.15) is 23.1 Å². The summed E-state index contributed by atoms with van der Waals surface area (Å²) in [4.78, 5) is 4.27. The molecule has 110 valence electrons. The zero-order valence-electron chi connectivity index (χ0n) is 12.5. The highest BCUT2D eigenvalue weighted by Gasteiger charge is 1.99. The number of anilines is 1. The van der Waals surface area contributed by atoms with Crippen LogP contribution < -0.4 is 10.6 Å². The van der Waals surface area contributed by atoms with Crippen LogP contribution in [0.5, 0.6) is 0 Å². The van der Waals surface area contributed by atoms with E-state index in [1.807, 2.05) is 25.3 Å². The van der Waals surface area contributed by atoms with E-state index in [-0.39, 0.29) is 0 Å². The molecule has 2 rings (SSSR count). The summed E-state index contributed by atoms with van der Waals surface area (Å²) in [7, 11) is 0. The van der Waals surface area contributed by atoms with Crippen molar-refractivity contribution >= 4 is 23.1 Å². The lowest BCUT2D eigenvalue weighted by molar-refractivity contribution is 0.777. The van der Waals surface area contributed by atoms with Crippen LogP contribution in [0, 0.1) is 13.8 Å². The lowest BCUT2D eigenvalue weighted by Crippen LogP contribution is -2.29. The molecule has 0 aliphatic heterocycles. The van der Waals surface area contributed by atoms with Gasteiger partial charge in [0, 0.05) is 12.7 Å². The van der Waals surface area contributed by atoms with Crippen LogP contribution in [-0.4, -0.2) is 16.6 Å². The van der Waals surface area contributed by atoms with Gasteiger partial charge in [-0.15, -0.1) is 0 Å². The van der Waals surface area contributed by atoms with Crippen molar-refractivity contribution in [2.24, 2.45) is 0 Å². The first-order valence-electron chi connectivity index (χ1n) is 7.16. The quantitative estimate of drug-likeness (QED) is 0.653. The number of aromatic nitrogens is 1. The summed E-state index contributed by atoms with van der Waals surface area (Å²) < 4.78 is 0. The fourth-order valence-corrected chi connectivity index (χ4v) is 2.27. The lowest BCUT2D eigenvalue weighted by Gasteiger charge is -2.10. The number of hydrogen-bond acceptors (Lipinski definition) is 2. The van der Waals surface area contributed by atoms with Gasteiger partial charge in [0.05, 0.1) is 0 Å². The number of nitrogens with one attached hydrogen (secondary N) is 2. The van der Waals surface area contributed by atoms with Gasteiger partial charge in [0.15, 0.2) is 5.11 Å². The largest absolute Gasteiger partial charge is 0.362 e. The number of rotatable bonds is 5. The summed E-state index contributed by atoms with van der Waals surface area (Å²) in [5, 5.41) is 6.92. The highest BCUT2D eigenvalue weighted by Crippen LogP contribution is 2.06. The molecule has 1 heterocycles. The molecule has 0 bridgehead atoms. The summed E-state index contributed by atoms with van der Waals surface area (Å²) in [5.41, 5.74) is 3.82. The second kappa shape index (κ2) is 7.74. The zero-order valence-corrected chi connectivity index (χ0v) is 13.3. The van der Waals surface area contributed by atoms with Crippen LogP contribution in [0.4, 0.5) is 5.82 Å². The first-order valence-corrected chi connectivity index (χ1v) is 7.57. The van der Waals surface area contributed by atoms with E-state index in [4.69, 9.17) is 12.2 Å². The predicted octanol–water partition coefficient (Wildman–Crippen LogP) is 3.62. The molecule has 0 aliphatic carbocycles. The molecular formula is C17H21N3S. The van der Waals surface area contributed by atoms with E-state index < -0.39 is 0 Å². The highest BCUT2D eigenvalue weighted by atomic mass is 32.1. The molecule has 0 fully saturated rings. The predicted molar refractivity (Wildman–Crippen MR) is 92.7 cm³/mol. The molecule has 0 unspecified atom stereocenters. The van der Waals surface area contributed by atoms with E-state index in [1.165, 1.54) is 11.1 Å². The average Bonchev–Trinajstić information content (AvgIpc) is 2.46.